The van der Waals surface area contributed by atoms with Gasteiger partial charge in [-0.2, -0.15) is 5.10 Å². The molecule has 0 saturated heterocycles. The van der Waals surface area contributed by atoms with Crippen molar-refractivity contribution < 1.29 is 0 Å². The average molecular weight is 385 g/mol. The third-order valence-corrected chi connectivity index (χ3v) is 6.28. The van der Waals surface area contributed by atoms with Crippen LogP contribution < -0.4 is 4.80 Å². The molecule has 5 rings (SSSR count). The number of benzene rings is 3. The van der Waals surface area contributed by atoms with Crippen molar-refractivity contribution in [2.24, 2.45) is 17.3 Å². The van der Waals surface area contributed by atoms with Crippen LogP contribution in [-0.2, 0) is 13.6 Å². The Morgan fingerprint density at radius 2 is 1.64 bits per heavy atom. The summed E-state index contributed by atoms with van der Waals surface area (Å²) in [4.78, 5) is 0.890. The Balaban J connectivity index is 1.58. The standard InChI is InChI=1S/C23H20N4S/c1-3-27-19-9-5-4-8-17(19)18-13-12-16(14-21(18)27)15-24-25-23-26(2)20-10-6-7-11-22(20)28-23/h4-15H,3H2,1-2H3. The van der Waals surface area contributed by atoms with Crippen molar-refractivity contribution in [3.05, 3.63) is 77.1 Å². The summed E-state index contributed by atoms with van der Waals surface area (Å²) < 4.78 is 5.65. The first kappa shape index (κ1) is 17.0. The molecular weight excluding hydrogens is 364 g/mol. The highest BCUT2D eigenvalue weighted by Crippen LogP contribution is 2.29. The van der Waals surface area contributed by atoms with Gasteiger partial charge in [0.05, 0.1) is 16.4 Å². The Hall–Kier alpha value is -3.18. The maximum Gasteiger partial charge on any atom is 0.211 e. The first-order chi connectivity index (χ1) is 13.8. The summed E-state index contributed by atoms with van der Waals surface area (Å²) in [6.45, 7) is 3.12. The monoisotopic (exact) mass is 384 g/mol. The Kier molecular flexibility index (Phi) is 4.10. The van der Waals surface area contributed by atoms with E-state index in [4.69, 9.17) is 0 Å². The van der Waals surface area contributed by atoms with E-state index in [0.29, 0.717) is 0 Å². The summed E-state index contributed by atoms with van der Waals surface area (Å²) in [5, 5.41) is 11.4. The predicted molar refractivity (Wildman–Crippen MR) is 119 cm³/mol. The van der Waals surface area contributed by atoms with Crippen molar-refractivity contribution in [2.75, 3.05) is 0 Å². The first-order valence-electron chi connectivity index (χ1n) is 9.39. The van der Waals surface area contributed by atoms with Crippen LogP contribution in [0.25, 0.3) is 32.0 Å². The fourth-order valence-corrected chi connectivity index (χ4v) is 4.79. The SMILES string of the molecule is CCn1c2ccccc2c2ccc(C=NN=c3sc4ccccc4n3C)cc21. The molecule has 0 bridgehead atoms. The van der Waals surface area contributed by atoms with Crippen LogP contribution in [0, 0.1) is 0 Å². The van der Waals surface area contributed by atoms with Crippen molar-refractivity contribution in [1.82, 2.24) is 9.13 Å². The third kappa shape index (κ3) is 2.67. The summed E-state index contributed by atoms with van der Waals surface area (Å²) >= 11 is 1.65. The highest BCUT2D eigenvalue weighted by Gasteiger charge is 2.09. The van der Waals surface area contributed by atoms with Gasteiger partial charge >= 0.3 is 0 Å². The van der Waals surface area contributed by atoms with E-state index in [1.54, 1.807) is 11.3 Å². The zero-order chi connectivity index (χ0) is 19.1. The van der Waals surface area contributed by atoms with Gasteiger partial charge in [0.15, 0.2) is 0 Å². The van der Waals surface area contributed by atoms with E-state index < -0.39 is 0 Å². The van der Waals surface area contributed by atoms with Crippen molar-refractivity contribution in [3.63, 3.8) is 0 Å². The van der Waals surface area contributed by atoms with E-state index in [1.165, 1.54) is 32.0 Å². The van der Waals surface area contributed by atoms with E-state index in [-0.39, 0.29) is 0 Å². The van der Waals surface area contributed by atoms with Crippen molar-refractivity contribution in [1.29, 1.82) is 0 Å². The molecule has 0 radical (unpaired) electrons. The summed E-state index contributed by atoms with van der Waals surface area (Å²) in [6, 6.07) is 23.4. The molecule has 5 aromatic rings. The number of thiazole rings is 1. The number of fused-ring (bicyclic) bond motifs is 4. The molecule has 0 fully saturated rings. The molecule has 4 nitrogen and oxygen atoms in total. The molecule has 28 heavy (non-hydrogen) atoms. The third-order valence-electron chi connectivity index (χ3n) is 5.18. The number of aryl methyl sites for hydroxylation is 2. The van der Waals surface area contributed by atoms with Crippen LogP contribution in [0.15, 0.2) is 76.9 Å². The molecule has 0 unspecified atom stereocenters. The lowest BCUT2D eigenvalue weighted by Gasteiger charge is -2.03. The van der Waals surface area contributed by atoms with Gasteiger partial charge < -0.3 is 9.13 Å². The largest absolute Gasteiger partial charge is 0.341 e. The molecule has 138 valence electrons. The second-order valence-electron chi connectivity index (χ2n) is 6.79. The van der Waals surface area contributed by atoms with Gasteiger partial charge in [0.1, 0.15) is 0 Å². The minimum absolute atomic E-state index is 0.890. The van der Waals surface area contributed by atoms with Gasteiger partial charge in [0.2, 0.25) is 4.80 Å². The van der Waals surface area contributed by atoms with Gasteiger partial charge in [-0.15, -0.1) is 5.10 Å². The summed E-state index contributed by atoms with van der Waals surface area (Å²) in [6.07, 6.45) is 1.83. The van der Waals surface area contributed by atoms with Crippen molar-refractivity contribution in [2.45, 2.75) is 13.5 Å². The van der Waals surface area contributed by atoms with E-state index >= 15 is 0 Å². The van der Waals surface area contributed by atoms with Crippen molar-refractivity contribution >= 4 is 49.6 Å². The minimum Gasteiger partial charge on any atom is -0.341 e. The average Bonchev–Trinajstić information content (AvgIpc) is 3.22. The molecule has 2 heterocycles. The van der Waals surface area contributed by atoms with Crippen LogP contribution >= 0.6 is 11.3 Å². The first-order valence-corrected chi connectivity index (χ1v) is 10.2. The Bertz CT molecular complexity index is 1420. The zero-order valence-electron chi connectivity index (χ0n) is 15.8. The Morgan fingerprint density at radius 3 is 2.46 bits per heavy atom. The molecular formula is C23H20N4S. The molecule has 0 atom stereocenters. The van der Waals surface area contributed by atoms with Gasteiger partial charge in [-0.05, 0) is 36.8 Å². The lowest BCUT2D eigenvalue weighted by atomic mass is 10.1. The molecule has 0 amide bonds. The molecule has 0 N–H and O–H groups in total. The Labute approximate surface area is 166 Å². The molecule has 0 aliphatic carbocycles. The molecule has 0 aliphatic rings. The van der Waals surface area contributed by atoms with Crippen LogP contribution in [0.4, 0.5) is 0 Å². The lowest BCUT2D eigenvalue weighted by Crippen LogP contribution is -2.08. The molecule has 0 spiro atoms. The maximum atomic E-state index is 4.45. The maximum absolute atomic E-state index is 4.45. The number of aromatic nitrogens is 2. The zero-order valence-corrected chi connectivity index (χ0v) is 16.6. The van der Waals surface area contributed by atoms with Gasteiger partial charge in [0.25, 0.3) is 0 Å². The van der Waals surface area contributed by atoms with Gasteiger partial charge in [-0.3, -0.25) is 0 Å². The van der Waals surface area contributed by atoms with E-state index in [2.05, 4.69) is 80.9 Å². The van der Waals surface area contributed by atoms with Gasteiger partial charge in [-0.25, -0.2) is 0 Å². The number of para-hydroxylation sites is 2. The second-order valence-corrected chi connectivity index (χ2v) is 7.80. The summed E-state index contributed by atoms with van der Waals surface area (Å²) in [5.74, 6) is 0. The van der Waals surface area contributed by atoms with Gasteiger partial charge in [-0.1, -0.05) is 53.8 Å². The van der Waals surface area contributed by atoms with Crippen LogP contribution in [0.3, 0.4) is 0 Å². The summed E-state index contributed by atoms with van der Waals surface area (Å²) in [7, 11) is 2.03. The second kappa shape index (κ2) is 6.77. The number of hydrogen-bond acceptors (Lipinski definition) is 3. The smallest absolute Gasteiger partial charge is 0.211 e. The van der Waals surface area contributed by atoms with Crippen LogP contribution in [-0.4, -0.2) is 15.3 Å². The highest BCUT2D eigenvalue weighted by molar-refractivity contribution is 7.16. The molecule has 3 aromatic carbocycles. The summed E-state index contributed by atoms with van der Waals surface area (Å²) in [5.41, 5.74) is 4.74. The van der Waals surface area contributed by atoms with Crippen LogP contribution in [0.2, 0.25) is 0 Å². The minimum atomic E-state index is 0.890. The molecule has 2 aromatic heterocycles. The molecule has 0 aliphatic heterocycles. The Morgan fingerprint density at radius 1 is 0.893 bits per heavy atom. The molecule has 0 saturated carbocycles. The van der Waals surface area contributed by atoms with Gasteiger partial charge in [0, 0.05) is 35.4 Å². The number of hydrogen-bond donors (Lipinski definition) is 0. The lowest BCUT2D eigenvalue weighted by molar-refractivity contribution is 0.827. The predicted octanol–water partition coefficient (Wildman–Crippen LogP) is 5.30. The van der Waals surface area contributed by atoms with Crippen LogP contribution in [0.1, 0.15) is 12.5 Å². The van der Waals surface area contributed by atoms with E-state index in [1.807, 2.05) is 25.4 Å². The fraction of sp³-hybridized carbons (Fsp3) is 0.130. The van der Waals surface area contributed by atoms with E-state index in [0.717, 1.165) is 16.9 Å². The van der Waals surface area contributed by atoms with Crippen molar-refractivity contribution in [3.8, 4) is 0 Å². The molecule has 5 heteroatoms. The topological polar surface area (TPSA) is 34.6 Å². The normalized spacial score (nSPS) is 12.9. The quantitative estimate of drug-likeness (QED) is 0.299. The highest BCUT2D eigenvalue weighted by atomic mass is 32.1. The number of rotatable bonds is 3. The fourth-order valence-electron chi connectivity index (χ4n) is 3.81. The number of nitrogens with zero attached hydrogens (tertiary/aromatic N) is 4. The van der Waals surface area contributed by atoms with Crippen LogP contribution in [0.5, 0.6) is 0 Å². The van der Waals surface area contributed by atoms with E-state index in [9.17, 15) is 0 Å².